The Balaban J connectivity index is 1.29. The number of piperidine rings is 2. The fourth-order valence-electron chi connectivity index (χ4n) is 4.69. The first-order chi connectivity index (χ1) is 12.0. The molecule has 2 heterocycles. The molecule has 1 saturated carbocycles. The molecule has 25 heavy (non-hydrogen) atoms. The second-order valence-corrected chi connectivity index (χ2v) is 9.66. The number of hydrogen-bond acceptors (Lipinski definition) is 3. The van der Waals surface area contributed by atoms with Crippen LogP contribution >= 0.6 is 0 Å². The Labute approximate surface area is 151 Å². The van der Waals surface area contributed by atoms with Crippen LogP contribution in [0.2, 0.25) is 0 Å². The van der Waals surface area contributed by atoms with Gasteiger partial charge in [-0.2, -0.15) is 17.4 Å². The standard InChI is InChI=1S/C19H29N3O2S/c1-15-4-2-3-5-17(15)14-21-10-8-18(9-11-21)20-25(23,24)22-13-16-6-7-19(22)12-16/h2-5,16,18-20H,6-14H2,1H3. The Morgan fingerprint density at radius 2 is 1.88 bits per heavy atom. The van der Waals surface area contributed by atoms with Crippen molar-refractivity contribution in [2.24, 2.45) is 5.92 Å². The molecule has 1 aromatic rings. The minimum Gasteiger partial charge on any atom is -0.299 e. The first kappa shape index (κ1) is 17.5. The van der Waals surface area contributed by atoms with Gasteiger partial charge in [-0.05, 0) is 56.1 Å². The molecular formula is C19H29N3O2S. The lowest BCUT2D eigenvalue weighted by atomic mass is 10.0. The fourth-order valence-corrected chi connectivity index (χ4v) is 6.47. The van der Waals surface area contributed by atoms with Crippen LogP contribution < -0.4 is 4.72 Å². The molecule has 4 rings (SSSR count). The molecule has 2 saturated heterocycles. The van der Waals surface area contributed by atoms with E-state index >= 15 is 0 Å². The summed E-state index contributed by atoms with van der Waals surface area (Å²) in [5.41, 5.74) is 2.70. The monoisotopic (exact) mass is 363 g/mol. The highest BCUT2D eigenvalue weighted by Crippen LogP contribution is 2.38. The number of fused-ring (bicyclic) bond motifs is 2. The van der Waals surface area contributed by atoms with Crippen molar-refractivity contribution in [3.8, 4) is 0 Å². The zero-order valence-electron chi connectivity index (χ0n) is 15.0. The summed E-state index contributed by atoms with van der Waals surface area (Å²) in [4.78, 5) is 2.44. The topological polar surface area (TPSA) is 52.7 Å². The van der Waals surface area contributed by atoms with Crippen LogP contribution in [0.5, 0.6) is 0 Å². The minimum absolute atomic E-state index is 0.0808. The van der Waals surface area contributed by atoms with Gasteiger partial charge in [-0.15, -0.1) is 0 Å². The van der Waals surface area contributed by atoms with Crippen molar-refractivity contribution in [2.75, 3.05) is 19.6 Å². The van der Waals surface area contributed by atoms with Crippen molar-refractivity contribution in [1.29, 1.82) is 0 Å². The molecule has 5 nitrogen and oxygen atoms in total. The van der Waals surface area contributed by atoms with Crippen LogP contribution in [0, 0.1) is 12.8 Å². The number of nitrogens with zero attached hydrogens (tertiary/aromatic N) is 2. The van der Waals surface area contributed by atoms with E-state index in [1.54, 1.807) is 4.31 Å². The van der Waals surface area contributed by atoms with Crippen LogP contribution in [-0.2, 0) is 16.8 Å². The van der Waals surface area contributed by atoms with Gasteiger partial charge in [0.05, 0.1) is 0 Å². The SMILES string of the molecule is Cc1ccccc1CN1CCC(NS(=O)(=O)N2CC3CCC2C3)CC1. The Bertz CT molecular complexity index is 713. The van der Waals surface area contributed by atoms with Crippen LogP contribution in [0.1, 0.15) is 43.2 Å². The predicted molar refractivity (Wildman–Crippen MR) is 99.4 cm³/mol. The van der Waals surface area contributed by atoms with Crippen molar-refractivity contribution in [3.63, 3.8) is 0 Å². The molecule has 0 radical (unpaired) electrons. The molecule has 0 amide bonds. The molecule has 3 fully saturated rings. The van der Waals surface area contributed by atoms with Crippen molar-refractivity contribution in [2.45, 2.75) is 57.7 Å². The maximum Gasteiger partial charge on any atom is 0.279 e. The van der Waals surface area contributed by atoms with Gasteiger partial charge >= 0.3 is 0 Å². The van der Waals surface area contributed by atoms with E-state index in [2.05, 4.69) is 40.8 Å². The van der Waals surface area contributed by atoms with Gasteiger partial charge in [0, 0.05) is 38.3 Å². The molecule has 1 N–H and O–H groups in total. The van der Waals surface area contributed by atoms with Gasteiger partial charge in [0.25, 0.3) is 10.2 Å². The number of benzene rings is 1. The van der Waals surface area contributed by atoms with Gasteiger partial charge in [-0.25, -0.2) is 0 Å². The smallest absolute Gasteiger partial charge is 0.279 e. The van der Waals surface area contributed by atoms with Crippen molar-refractivity contribution in [1.82, 2.24) is 13.9 Å². The predicted octanol–water partition coefficient (Wildman–Crippen LogP) is 2.28. The Morgan fingerprint density at radius 3 is 2.52 bits per heavy atom. The van der Waals surface area contributed by atoms with Crippen LogP contribution in [0.3, 0.4) is 0 Å². The lowest BCUT2D eigenvalue weighted by Gasteiger charge is -2.34. The van der Waals surface area contributed by atoms with E-state index in [1.807, 2.05) is 0 Å². The second kappa shape index (κ2) is 6.99. The van der Waals surface area contributed by atoms with Gasteiger partial charge in [0.1, 0.15) is 0 Å². The molecule has 6 heteroatoms. The molecule has 0 aromatic heterocycles. The number of likely N-dealkylation sites (tertiary alicyclic amines) is 1. The summed E-state index contributed by atoms with van der Waals surface area (Å²) >= 11 is 0. The summed E-state index contributed by atoms with van der Waals surface area (Å²) < 4.78 is 30.1. The van der Waals surface area contributed by atoms with Crippen molar-refractivity contribution >= 4 is 10.2 Å². The van der Waals surface area contributed by atoms with Crippen LogP contribution in [-0.4, -0.2) is 49.3 Å². The molecule has 1 aromatic carbocycles. The highest BCUT2D eigenvalue weighted by atomic mass is 32.2. The Morgan fingerprint density at radius 1 is 1.12 bits per heavy atom. The largest absolute Gasteiger partial charge is 0.299 e. The number of hydrogen-bond donors (Lipinski definition) is 1. The summed E-state index contributed by atoms with van der Waals surface area (Å²) in [6, 6.07) is 8.84. The maximum absolute atomic E-state index is 12.7. The van der Waals surface area contributed by atoms with Crippen LogP contribution in [0.25, 0.3) is 0 Å². The zero-order valence-corrected chi connectivity index (χ0v) is 15.8. The van der Waals surface area contributed by atoms with Gasteiger partial charge in [-0.1, -0.05) is 24.3 Å². The highest BCUT2D eigenvalue weighted by Gasteiger charge is 2.44. The summed E-state index contributed by atoms with van der Waals surface area (Å²) in [5, 5.41) is 0. The summed E-state index contributed by atoms with van der Waals surface area (Å²) in [7, 11) is -3.31. The van der Waals surface area contributed by atoms with Crippen LogP contribution in [0.15, 0.2) is 24.3 Å². The maximum atomic E-state index is 12.7. The van der Waals surface area contributed by atoms with E-state index in [1.165, 1.54) is 17.5 Å². The minimum atomic E-state index is -3.31. The van der Waals surface area contributed by atoms with E-state index in [9.17, 15) is 8.42 Å². The second-order valence-electron chi connectivity index (χ2n) is 8.00. The zero-order chi connectivity index (χ0) is 17.4. The average Bonchev–Trinajstić information content (AvgIpc) is 3.22. The molecule has 2 unspecified atom stereocenters. The Kier molecular flexibility index (Phi) is 4.88. The first-order valence-electron chi connectivity index (χ1n) is 9.57. The third-order valence-corrected chi connectivity index (χ3v) is 7.92. The molecule has 1 aliphatic carbocycles. The average molecular weight is 364 g/mol. The summed E-state index contributed by atoms with van der Waals surface area (Å²) in [6.45, 7) is 5.75. The fraction of sp³-hybridized carbons (Fsp3) is 0.684. The molecule has 138 valence electrons. The quantitative estimate of drug-likeness (QED) is 0.873. The molecule has 2 aliphatic heterocycles. The van der Waals surface area contributed by atoms with E-state index in [0.29, 0.717) is 5.92 Å². The lowest BCUT2D eigenvalue weighted by molar-refractivity contribution is 0.197. The first-order valence-corrected chi connectivity index (χ1v) is 11.0. The lowest BCUT2D eigenvalue weighted by Crippen LogP contribution is -2.51. The van der Waals surface area contributed by atoms with E-state index in [4.69, 9.17) is 0 Å². The van der Waals surface area contributed by atoms with Gasteiger partial charge in [-0.3, -0.25) is 4.90 Å². The van der Waals surface area contributed by atoms with Gasteiger partial charge in [0.2, 0.25) is 0 Å². The number of aryl methyl sites for hydroxylation is 1. The van der Waals surface area contributed by atoms with Gasteiger partial charge in [0.15, 0.2) is 0 Å². The van der Waals surface area contributed by atoms with Gasteiger partial charge < -0.3 is 0 Å². The normalized spacial score (nSPS) is 28.7. The van der Waals surface area contributed by atoms with E-state index < -0.39 is 10.2 Å². The summed E-state index contributed by atoms with van der Waals surface area (Å²) in [6.07, 6.45) is 5.10. The Hall–Kier alpha value is -0.950. The molecule has 3 aliphatic rings. The number of nitrogens with one attached hydrogen (secondary N) is 1. The third kappa shape index (κ3) is 3.77. The van der Waals surface area contributed by atoms with E-state index in [0.717, 1.165) is 51.9 Å². The van der Waals surface area contributed by atoms with Crippen molar-refractivity contribution in [3.05, 3.63) is 35.4 Å². The highest BCUT2D eigenvalue weighted by molar-refractivity contribution is 7.87. The molecular weight excluding hydrogens is 334 g/mol. The number of rotatable bonds is 5. The molecule has 2 atom stereocenters. The molecule has 2 bridgehead atoms. The van der Waals surface area contributed by atoms with Crippen molar-refractivity contribution < 1.29 is 8.42 Å². The third-order valence-electron chi connectivity index (χ3n) is 6.23. The van der Waals surface area contributed by atoms with Crippen LogP contribution in [0.4, 0.5) is 0 Å². The summed E-state index contributed by atoms with van der Waals surface area (Å²) in [5.74, 6) is 0.595. The van der Waals surface area contributed by atoms with E-state index in [-0.39, 0.29) is 12.1 Å². The molecule has 0 spiro atoms.